The highest BCUT2D eigenvalue weighted by molar-refractivity contribution is 5.85. The first-order valence-electron chi connectivity index (χ1n) is 6.73. The molecule has 5 nitrogen and oxygen atoms in total. The van der Waals surface area contributed by atoms with Gasteiger partial charge in [-0.15, -0.1) is 0 Å². The van der Waals surface area contributed by atoms with E-state index in [9.17, 15) is 9.59 Å². The molecule has 5 heteroatoms. The third-order valence-corrected chi connectivity index (χ3v) is 3.41. The van der Waals surface area contributed by atoms with E-state index < -0.39 is 6.04 Å². The minimum atomic E-state index is -0.402. The summed E-state index contributed by atoms with van der Waals surface area (Å²) in [7, 11) is 1.36. The first-order valence-corrected chi connectivity index (χ1v) is 6.73. The van der Waals surface area contributed by atoms with Crippen LogP contribution in [0, 0.1) is 0 Å². The van der Waals surface area contributed by atoms with Crippen molar-refractivity contribution in [3.63, 3.8) is 0 Å². The molecule has 1 saturated heterocycles. The van der Waals surface area contributed by atoms with Crippen molar-refractivity contribution in [2.24, 2.45) is 5.73 Å². The van der Waals surface area contributed by atoms with Gasteiger partial charge in [0.05, 0.1) is 7.11 Å². The zero-order valence-electron chi connectivity index (χ0n) is 11.4. The summed E-state index contributed by atoms with van der Waals surface area (Å²) in [5, 5.41) is 0. The van der Waals surface area contributed by atoms with Crippen LogP contribution in [0.1, 0.15) is 45.4 Å². The Morgan fingerprint density at radius 3 is 2.83 bits per heavy atom. The number of esters is 1. The molecule has 1 rings (SSSR count). The van der Waals surface area contributed by atoms with Crippen molar-refractivity contribution in [2.45, 2.75) is 57.5 Å². The molecule has 0 bridgehead atoms. The zero-order valence-corrected chi connectivity index (χ0v) is 11.4. The Morgan fingerprint density at radius 1 is 1.50 bits per heavy atom. The van der Waals surface area contributed by atoms with Crippen LogP contribution in [0.2, 0.25) is 0 Å². The van der Waals surface area contributed by atoms with Gasteiger partial charge in [0.1, 0.15) is 6.04 Å². The van der Waals surface area contributed by atoms with Crippen molar-refractivity contribution in [1.29, 1.82) is 0 Å². The van der Waals surface area contributed by atoms with Crippen LogP contribution in [0.4, 0.5) is 0 Å². The number of ether oxygens (including phenoxy) is 1. The molecule has 1 heterocycles. The molecule has 0 radical (unpaired) electrons. The summed E-state index contributed by atoms with van der Waals surface area (Å²) in [6, 6.07) is -0.503. The molecule has 1 unspecified atom stereocenters. The number of unbranched alkanes of at least 4 members (excludes halogenated alkanes) is 1. The number of amides is 1. The predicted molar refractivity (Wildman–Crippen MR) is 68.9 cm³/mol. The number of carbonyl (C=O) groups excluding carboxylic acids is 2. The van der Waals surface area contributed by atoms with E-state index in [0.717, 1.165) is 25.7 Å². The third-order valence-electron chi connectivity index (χ3n) is 3.41. The van der Waals surface area contributed by atoms with E-state index in [1.807, 2.05) is 0 Å². The van der Waals surface area contributed by atoms with Gasteiger partial charge in [-0.05, 0) is 19.3 Å². The standard InChI is InChI=1S/C13H24N2O3/c1-3-4-6-10(14)9-12(16)15-8-5-7-11(15)13(17)18-2/h10-11H,3-9,14H2,1-2H3/t10-,11?/m1/s1. The maximum Gasteiger partial charge on any atom is 0.328 e. The average molecular weight is 256 g/mol. The van der Waals surface area contributed by atoms with Crippen LogP contribution in [-0.2, 0) is 14.3 Å². The van der Waals surface area contributed by atoms with Crippen LogP contribution in [0.3, 0.4) is 0 Å². The van der Waals surface area contributed by atoms with Gasteiger partial charge in [0.15, 0.2) is 0 Å². The fraction of sp³-hybridized carbons (Fsp3) is 0.846. The van der Waals surface area contributed by atoms with Gasteiger partial charge in [0.25, 0.3) is 0 Å². The van der Waals surface area contributed by atoms with Crippen LogP contribution in [0.25, 0.3) is 0 Å². The molecule has 1 aliphatic heterocycles. The number of likely N-dealkylation sites (tertiary alicyclic amines) is 1. The Labute approximate surface area is 109 Å². The van der Waals surface area contributed by atoms with Crippen LogP contribution < -0.4 is 5.73 Å². The average Bonchev–Trinajstić information content (AvgIpc) is 2.84. The Hall–Kier alpha value is -1.10. The second-order valence-corrected chi connectivity index (χ2v) is 4.87. The molecule has 1 aliphatic rings. The van der Waals surface area contributed by atoms with Crippen molar-refractivity contribution in [2.75, 3.05) is 13.7 Å². The minimum absolute atomic E-state index is 0.0218. The second kappa shape index (κ2) is 7.36. The molecule has 0 spiro atoms. The highest BCUT2D eigenvalue weighted by atomic mass is 16.5. The van der Waals surface area contributed by atoms with E-state index in [4.69, 9.17) is 10.5 Å². The zero-order chi connectivity index (χ0) is 13.5. The molecule has 1 amide bonds. The van der Waals surface area contributed by atoms with E-state index in [1.165, 1.54) is 7.11 Å². The maximum absolute atomic E-state index is 12.1. The number of nitrogens with two attached hydrogens (primary N) is 1. The molecule has 2 atom stereocenters. The number of hydrogen-bond donors (Lipinski definition) is 1. The van der Waals surface area contributed by atoms with Gasteiger partial charge in [0, 0.05) is 19.0 Å². The highest BCUT2D eigenvalue weighted by Crippen LogP contribution is 2.20. The lowest BCUT2D eigenvalue weighted by atomic mass is 10.1. The molecule has 104 valence electrons. The van der Waals surface area contributed by atoms with Gasteiger partial charge in [-0.3, -0.25) is 4.79 Å². The molecule has 18 heavy (non-hydrogen) atoms. The summed E-state index contributed by atoms with van der Waals surface area (Å²) in [5.41, 5.74) is 5.92. The maximum atomic E-state index is 12.1. The van der Waals surface area contributed by atoms with E-state index in [0.29, 0.717) is 19.4 Å². The van der Waals surface area contributed by atoms with Gasteiger partial charge >= 0.3 is 5.97 Å². The fourth-order valence-corrected chi connectivity index (χ4v) is 2.36. The van der Waals surface area contributed by atoms with Crippen molar-refractivity contribution in [3.8, 4) is 0 Å². The van der Waals surface area contributed by atoms with E-state index in [2.05, 4.69) is 6.92 Å². The number of nitrogens with zero attached hydrogens (tertiary/aromatic N) is 1. The summed E-state index contributed by atoms with van der Waals surface area (Å²) in [6.45, 7) is 2.74. The van der Waals surface area contributed by atoms with E-state index >= 15 is 0 Å². The topological polar surface area (TPSA) is 72.6 Å². The van der Waals surface area contributed by atoms with E-state index in [1.54, 1.807) is 4.90 Å². The van der Waals surface area contributed by atoms with Gasteiger partial charge in [-0.25, -0.2) is 4.79 Å². The van der Waals surface area contributed by atoms with Crippen LogP contribution in [0.15, 0.2) is 0 Å². The SMILES string of the molecule is CCCC[C@@H](N)CC(=O)N1CCCC1C(=O)OC. The van der Waals surface area contributed by atoms with Gasteiger partial charge < -0.3 is 15.4 Å². The first kappa shape index (κ1) is 15.0. The minimum Gasteiger partial charge on any atom is -0.467 e. The quantitative estimate of drug-likeness (QED) is 0.721. The monoisotopic (exact) mass is 256 g/mol. The Balaban J connectivity index is 2.47. The number of rotatable bonds is 6. The van der Waals surface area contributed by atoms with Crippen LogP contribution >= 0.6 is 0 Å². The molecule has 1 fully saturated rings. The van der Waals surface area contributed by atoms with Crippen molar-refractivity contribution in [3.05, 3.63) is 0 Å². The lowest BCUT2D eigenvalue weighted by Gasteiger charge is -2.24. The molecule has 0 aromatic carbocycles. The highest BCUT2D eigenvalue weighted by Gasteiger charge is 2.34. The second-order valence-electron chi connectivity index (χ2n) is 4.87. The molecular weight excluding hydrogens is 232 g/mol. The first-order chi connectivity index (χ1) is 8.60. The van der Waals surface area contributed by atoms with Crippen molar-refractivity contribution < 1.29 is 14.3 Å². The van der Waals surface area contributed by atoms with Crippen LogP contribution in [-0.4, -0.2) is 42.5 Å². The van der Waals surface area contributed by atoms with Gasteiger partial charge in [0.2, 0.25) is 5.91 Å². The molecule has 0 aromatic heterocycles. The van der Waals surface area contributed by atoms with Crippen LogP contribution in [0.5, 0.6) is 0 Å². The van der Waals surface area contributed by atoms with Crippen molar-refractivity contribution >= 4 is 11.9 Å². The third kappa shape index (κ3) is 3.98. The molecular formula is C13H24N2O3. The summed E-state index contributed by atoms with van der Waals surface area (Å²) >= 11 is 0. The number of methoxy groups -OCH3 is 1. The van der Waals surface area contributed by atoms with E-state index in [-0.39, 0.29) is 17.9 Å². The van der Waals surface area contributed by atoms with Crippen molar-refractivity contribution in [1.82, 2.24) is 4.90 Å². The fourth-order valence-electron chi connectivity index (χ4n) is 2.36. The lowest BCUT2D eigenvalue weighted by molar-refractivity contribution is -0.151. The summed E-state index contributed by atoms with van der Waals surface area (Å²) in [6.07, 6.45) is 4.86. The Bertz CT molecular complexity index is 294. The van der Waals surface area contributed by atoms with Gasteiger partial charge in [-0.1, -0.05) is 19.8 Å². The Morgan fingerprint density at radius 2 is 2.22 bits per heavy atom. The number of hydrogen-bond acceptors (Lipinski definition) is 4. The number of carbonyl (C=O) groups is 2. The summed E-state index contributed by atoms with van der Waals surface area (Å²) < 4.78 is 4.72. The molecule has 0 saturated carbocycles. The predicted octanol–water partition coefficient (Wildman–Crippen LogP) is 1.06. The molecule has 0 aromatic rings. The van der Waals surface area contributed by atoms with Gasteiger partial charge in [-0.2, -0.15) is 0 Å². The summed E-state index contributed by atoms with van der Waals surface area (Å²) in [4.78, 5) is 25.2. The smallest absolute Gasteiger partial charge is 0.328 e. The summed E-state index contributed by atoms with van der Waals surface area (Å²) in [5.74, 6) is -0.338. The molecule has 0 aliphatic carbocycles. The normalized spacial score (nSPS) is 20.8. The lowest BCUT2D eigenvalue weighted by Crippen LogP contribution is -2.43. The largest absolute Gasteiger partial charge is 0.467 e. The molecule has 2 N–H and O–H groups in total. The Kier molecular flexibility index (Phi) is 6.12.